The fraction of sp³-hybridized carbons (Fsp3) is 0.400. The van der Waals surface area contributed by atoms with Crippen LogP contribution in [0.1, 0.15) is 35.6 Å². The molecular weight excluding hydrogens is 284 g/mol. The lowest BCUT2D eigenvalue weighted by molar-refractivity contribution is 0.0716. The molecule has 0 aromatic carbocycles. The molecule has 0 saturated carbocycles. The number of nitrogen functional groups attached to an aromatic ring is 1. The molecule has 1 amide bonds. The van der Waals surface area contributed by atoms with Gasteiger partial charge >= 0.3 is 0 Å². The Bertz CT molecular complexity index is 714. The smallest absolute Gasteiger partial charge is 0.266 e. The minimum Gasteiger partial charge on any atom is -0.397 e. The molecule has 110 valence electrons. The van der Waals surface area contributed by atoms with Crippen LogP contribution in [0.5, 0.6) is 0 Å². The number of hydrogen-bond acceptors (Lipinski definition) is 5. The summed E-state index contributed by atoms with van der Waals surface area (Å²) in [7, 11) is 0. The number of aryl methyl sites for hydroxylation is 1. The van der Waals surface area contributed by atoms with Crippen molar-refractivity contribution in [3.63, 3.8) is 0 Å². The number of thiophene rings is 1. The van der Waals surface area contributed by atoms with Gasteiger partial charge in [-0.2, -0.15) is 5.26 Å². The molecule has 2 rings (SSSR count). The van der Waals surface area contributed by atoms with Crippen molar-refractivity contribution in [2.75, 3.05) is 12.3 Å². The van der Waals surface area contributed by atoms with Crippen LogP contribution in [0, 0.1) is 18.3 Å². The van der Waals surface area contributed by atoms with Crippen LogP contribution in [0.2, 0.25) is 0 Å². The van der Waals surface area contributed by atoms with Gasteiger partial charge in [-0.15, -0.1) is 11.3 Å². The van der Waals surface area contributed by atoms with Gasteiger partial charge in [0.2, 0.25) is 0 Å². The van der Waals surface area contributed by atoms with Crippen LogP contribution in [-0.2, 0) is 0 Å². The Morgan fingerprint density at radius 2 is 2.24 bits per heavy atom. The van der Waals surface area contributed by atoms with Gasteiger partial charge in [0.25, 0.3) is 5.91 Å². The molecule has 5 nitrogen and oxygen atoms in total. The summed E-state index contributed by atoms with van der Waals surface area (Å²) in [6.45, 7) is 6.18. The summed E-state index contributed by atoms with van der Waals surface area (Å²) in [6.07, 6.45) is 0.312. The molecule has 0 unspecified atom stereocenters. The van der Waals surface area contributed by atoms with Gasteiger partial charge in [0.05, 0.1) is 18.2 Å². The van der Waals surface area contributed by atoms with Gasteiger partial charge in [0, 0.05) is 23.7 Å². The average molecular weight is 302 g/mol. The standard InChI is InChI=1S/C15H18N4OS/c1-9(2)19(8-4-7-16)15(20)13-12(17)11-6-5-10(3)18-14(11)21-13/h5-6,9H,4,8,17H2,1-3H3. The van der Waals surface area contributed by atoms with Crippen LogP contribution < -0.4 is 5.73 Å². The Balaban J connectivity index is 2.42. The summed E-state index contributed by atoms with van der Waals surface area (Å²) >= 11 is 1.32. The van der Waals surface area contributed by atoms with Crippen molar-refractivity contribution in [3.05, 3.63) is 22.7 Å². The van der Waals surface area contributed by atoms with Crippen LogP contribution in [0.15, 0.2) is 12.1 Å². The molecule has 6 heteroatoms. The molecule has 2 heterocycles. The molecule has 0 atom stereocenters. The van der Waals surface area contributed by atoms with Gasteiger partial charge in [-0.3, -0.25) is 4.79 Å². The van der Waals surface area contributed by atoms with E-state index in [9.17, 15) is 4.79 Å². The fourth-order valence-corrected chi connectivity index (χ4v) is 3.24. The van der Waals surface area contributed by atoms with E-state index < -0.39 is 0 Å². The zero-order valence-corrected chi connectivity index (χ0v) is 13.2. The van der Waals surface area contributed by atoms with Crippen LogP contribution in [-0.4, -0.2) is 28.4 Å². The zero-order valence-electron chi connectivity index (χ0n) is 12.4. The minimum atomic E-state index is -0.126. The third kappa shape index (κ3) is 2.98. The number of amides is 1. The number of pyridine rings is 1. The molecule has 0 aliphatic rings. The molecule has 0 fully saturated rings. The third-order valence-electron chi connectivity index (χ3n) is 3.28. The molecule has 0 aliphatic carbocycles. The number of nitriles is 1. The molecule has 2 aromatic heterocycles. The molecule has 0 aliphatic heterocycles. The summed E-state index contributed by atoms with van der Waals surface area (Å²) in [5.74, 6) is -0.126. The minimum absolute atomic E-state index is 0.0187. The Morgan fingerprint density at radius 1 is 1.52 bits per heavy atom. The van der Waals surface area contributed by atoms with Crippen LogP contribution in [0.3, 0.4) is 0 Å². The van der Waals surface area contributed by atoms with E-state index in [2.05, 4.69) is 11.1 Å². The van der Waals surface area contributed by atoms with E-state index in [0.29, 0.717) is 23.5 Å². The number of aromatic nitrogens is 1. The molecule has 0 spiro atoms. The maximum Gasteiger partial charge on any atom is 0.266 e. The van der Waals surface area contributed by atoms with Crippen LogP contribution in [0.4, 0.5) is 5.69 Å². The summed E-state index contributed by atoms with van der Waals surface area (Å²) in [5.41, 5.74) is 7.49. The van der Waals surface area contributed by atoms with Crippen molar-refractivity contribution in [1.29, 1.82) is 5.26 Å². The summed E-state index contributed by atoms with van der Waals surface area (Å²) < 4.78 is 0. The number of carbonyl (C=O) groups excluding carboxylic acids is 1. The quantitative estimate of drug-likeness (QED) is 0.941. The lowest BCUT2D eigenvalue weighted by Crippen LogP contribution is -2.37. The van der Waals surface area contributed by atoms with E-state index in [0.717, 1.165) is 15.9 Å². The van der Waals surface area contributed by atoms with Crippen molar-refractivity contribution < 1.29 is 4.79 Å². The highest BCUT2D eigenvalue weighted by molar-refractivity contribution is 7.21. The number of nitrogens with zero attached hydrogens (tertiary/aromatic N) is 3. The Kier molecular flexibility index (Phi) is 4.43. The summed E-state index contributed by atoms with van der Waals surface area (Å²) in [4.78, 5) is 20.1. The Hall–Kier alpha value is -2.13. The predicted molar refractivity (Wildman–Crippen MR) is 85.2 cm³/mol. The van der Waals surface area contributed by atoms with Crippen molar-refractivity contribution >= 4 is 33.1 Å². The average Bonchev–Trinajstić information content (AvgIpc) is 2.75. The number of fused-ring (bicyclic) bond motifs is 1. The van der Waals surface area contributed by atoms with Gasteiger partial charge < -0.3 is 10.6 Å². The van der Waals surface area contributed by atoms with E-state index in [1.54, 1.807) is 4.90 Å². The number of nitrogens with two attached hydrogens (primary N) is 1. The molecule has 2 N–H and O–H groups in total. The molecule has 21 heavy (non-hydrogen) atoms. The number of anilines is 1. The van der Waals surface area contributed by atoms with E-state index >= 15 is 0 Å². The highest BCUT2D eigenvalue weighted by Gasteiger charge is 2.24. The van der Waals surface area contributed by atoms with E-state index in [4.69, 9.17) is 11.0 Å². The lowest BCUT2D eigenvalue weighted by Gasteiger charge is -2.25. The Labute approximate surface area is 128 Å². The normalized spacial score (nSPS) is 10.8. The molecule has 0 bridgehead atoms. The first-order chi connectivity index (χ1) is 9.95. The summed E-state index contributed by atoms with van der Waals surface area (Å²) in [5, 5.41) is 9.55. The predicted octanol–water partition coefficient (Wildman–Crippen LogP) is 2.95. The maximum absolute atomic E-state index is 12.7. The van der Waals surface area contributed by atoms with Gasteiger partial charge in [0.15, 0.2) is 0 Å². The van der Waals surface area contributed by atoms with Gasteiger partial charge in [-0.25, -0.2) is 4.98 Å². The monoisotopic (exact) mass is 302 g/mol. The van der Waals surface area contributed by atoms with E-state index in [1.807, 2.05) is 32.9 Å². The van der Waals surface area contributed by atoms with Crippen molar-refractivity contribution in [3.8, 4) is 6.07 Å². The Morgan fingerprint density at radius 3 is 2.86 bits per heavy atom. The van der Waals surface area contributed by atoms with Gasteiger partial charge in [0.1, 0.15) is 9.71 Å². The largest absolute Gasteiger partial charge is 0.397 e. The second-order valence-corrected chi connectivity index (χ2v) is 6.15. The first-order valence-electron chi connectivity index (χ1n) is 6.79. The number of rotatable bonds is 4. The van der Waals surface area contributed by atoms with Crippen molar-refractivity contribution in [2.24, 2.45) is 0 Å². The van der Waals surface area contributed by atoms with Crippen molar-refractivity contribution in [2.45, 2.75) is 33.2 Å². The van der Waals surface area contributed by atoms with E-state index in [1.165, 1.54) is 11.3 Å². The zero-order chi connectivity index (χ0) is 15.6. The second kappa shape index (κ2) is 6.10. The topological polar surface area (TPSA) is 83.0 Å². The number of hydrogen-bond donors (Lipinski definition) is 1. The first kappa shape index (κ1) is 15.3. The highest BCUT2D eigenvalue weighted by Crippen LogP contribution is 2.33. The second-order valence-electron chi connectivity index (χ2n) is 5.15. The third-order valence-corrected chi connectivity index (χ3v) is 4.38. The molecular formula is C15H18N4OS. The SMILES string of the molecule is Cc1ccc2c(N)c(C(=O)N(CCC#N)C(C)C)sc2n1. The van der Waals surface area contributed by atoms with Gasteiger partial charge in [-0.05, 0) is 32.9 Å². The molecule has 0 radical (unpaired) electrons. The number of carbonyl (C=O) groups is 1. The van der Waals surface area contributed by atoms with Crippen LogP contribution in [0.25, 0.3) is 10.2 Å². The lowest BCUT2D eigenvalue weighted by atomic mass is 10.2. The maximum atomic E-state index is 12.7. The molecule has 2 aromatic rings. The fourth-order valence-electron chi connectivity index (χ4n) is 2.14. The summed E-state index contributed by atoms with van der Waals surface area (Å²) in [6, 6.07) is 5.88. The first-order valence-corrected chi connectivity index (χ1v) is 7.61. The highest BCUT2D eigenvalue weighted by atomic mass is 32.1. The van der Waals surface area contributed by atoms with Crippen molar-refractivity contribution in [1.82, 2.24) is 9.88 Å². The van der Waals surface area contributed by atoms with Gasteiger partial charge in [-0.1, -0.05) is 0 Å². The van der Waals surface area contributed by atoms with Crippen LogP contribution >= 0.6 is 11.3 Å². The molecule has 0 saturated heterocycles. The van der Waals surface area contributed by atoms with E-state index in [-0.39, 0.29) is 11.9 Å².